The van der Waals surface area contributed by atoms with Gasteiger partial charge in [-0.25, -0.2) is 0 Å². The monoisotopic (exact) mass is 354 g/mol. The summed E-state index contributed by atoms with van der Waals surface area (Å²) in [5.74, 6) is 0. The molecule has 0 amide bonds. The van der Waals surface area contributed by atoms with Gasteiger partial charge in [0.25, 0.3) is 0 Å². The zero-order valence-electron chi connectivity index (χ0n) is 10.1. The first-order valence-electron chi connectivity index (χ1n) is 6.12. The number of hydrogen-bond acceptors (Lipinski definition) is 0. The summed E-state index contributed by atoms with van der Waals surface area (Å²) in [6.07, 6.45) is 14.5. The van der Waals surface area contributed by atoms with Crippen molar-refractivity contribution in [3.63, 3.8) is 0 Å². The van der Waals surface area contributed by atoms with Gasteiger partial charge < -0.3 is 34.0 Å². The van der Waals surface area contributed by atoms with Crippen LogP contribution < -0.4 is 34.0 Å². The summed E-state index contributed by atoms with van der Waals surface area (Å²) < 4.78 is 0. The topological polar surface area (TPSA) is 0 Å². The summed E-state index contributed by atoms with van der Waals surface area (Å²) in [7, 11) is 0. The summed E-state index contributed by atoms with van der Waals surface area (Å²) in [6.45, 7) is 2.28. The van der Waals surface area contributed by atoms with E-state index in [0.29, 0.717) is 0 Å². The molecule has 0 nitrogen and oxygen atoms in total. The number of halogens is 2. The van der Waals surface area contributed by atoms with Gasteiger partial charge in [0.05, 0.1) is 0 Å². The van der Waals surface area contributed by atoms with Crippen molar-refractivity contribution in [1.82, 2.24) is 0 Å². The molecule has 0 aromatic rings. The Bertz CT molecular complexity index is 79.7. The van der Waals surface area contributed by atoms with E-state index in [4.69, 9.17) is 0 Å². The summed E-state index contributed by atoms with van der Waals surface area (Å²) in [5.41, 5.74) is 0. The predicted molar refractivity (Wildman–Crippen MR) is 62.4 cm³/mol. The minimum Gasteiger partial charge on any atom is -1.00 e. The first-order valence-corrected chi connectivity index (χ1v) is 6.93. The van der Waals surface area contributed by atoms with E-state index in [0.717, 1.165) is 0 Å². The molecular formula is C12H25AlBr2. The molecule has 0 atom stereocenters. The van der Waals surface area contributed by atoms with Crippen LogP contribution in [-0.2, 0) is 0 Å². The molecule has 0 bridgehead atoms. The fourth-order valence-electron chi connectivity index (χ4n) is 1.63. The van der Waals surface area contributed by atoms with E-state index in [-0.39, 0.29) is 34.0 Å². The van der Waals surface area contributed by atoms with Crippen LogP contribution in [0, 0.1) is 0 Å². The van der Waals surface area contributed by atoms with Crippen molar-refractivity contribution in [1.29, 1.82) is 0 Å². The molecule has 0 aliphatic carbocycles. The number of rotatable bonds is 10. The maximum atomic E-state index is 2.81. The van der Waals surface area contributed by atoms with E-state index in [1.807, 2.05) is 0 Å². The Morgan fingerprint density at radius 1 is 0.600 bits per heavy atom. The van der Waals surface area contributed by atoms with Crippen molar-refractivity contribution in [2.45, 2.75) is 76.4 Å². The Balaban J connectivity index is -0.000000720. The molecule has 90 valence electrons. The Hall–Kier alpha value is 1.49. The summed E-state index contributed by atoms with van der Waals surface area (Å²) >= 11 is 2.81. The molecule has 0 radical (unpaired) electrons. The van der Waals surface area contributed by atoms with Gasteiger partial charge in [-0.15, -0.1) is 0 Å². The zero-order chi connectivity index (χ0) is 9.78. The van der Waals surface area contributed by atoms with Crippen molar-refractivity contribution < 1.29 is 34.0 Å². The third-order valence-electron chi connectivity index (χ3n) is 2.56. The maximum Gasteiger partial charge on any atom is -1.00 e. The Labute approximate surface area is 126 Å². The van der Waals surface area contributed by atoms with Gasteiger partial charge in [0.15, 0.2) is 0 Å². The molecule has 0 heterocycles. The van der Waals surface area contributed by atoms with Gasteiger partial charge in [0, 0.05) is 0 Å². The quantitative estimate of drug-likeness (QED) is 0.330. The van der Waals surface area contributed by atoms with E-state index in [1.165, 1.54) is 69.5 Å². The van der Waals surface area contributed by atoms with Gasteiger partial charge in [-0.3, -0.25) is 0 Å². The SMILES string of the molecule is CCCCCCCCCCC[CH2][Al+2].[Br-].[Br-]. The van der Waals surface area contributed by atoms with E-state index in [1.54, 1.807) is 0 Å². The molecule has 0 aromatic carbocycles. The molecule has 0 saturated carbocycles. The second-order valence-corrected chi connectivity index (χ2v) is 4.55. The van der Waals surface area contributed by atoms with Crippen LogP contribution in [0.25, 0.3) is 0 Å². The van der Waals surface area contributed by atoms with Gasteiger partial charge >= 0.3 is 92.7 Å². The zero-order valence-corrected chi connectivity index (χ0v) is 14.4. The maximum absolute atomic E-state index is 2.81. The van der Waals surface area contributed by atoms with Crippen molar-refractivity contribution in [2.24, 2.45) is 0 Å². The minimum atomic E-state index is 0. The first-order chi connectivity index (χ1) is 6.41. The molecule has 0 aliphatic heterocycles. The molecule has 0 spiro atoms. The van der Waals surface area contributed by atoms with Crippen molar-refractivity contribution >= 4 is 16.3 Å². The average Bonchev–Trinajstić information content (AvgIpc) is 2.16. The molecule has 0 unspecified atom stereocenters. The van der Waals surface area contributed by atoms with Crippen LogP contribution in [0.2, 0.25) is 5.28 Å². The molecule has 0 N–H and O–H groups in total. The second kappa shape index (κ2) is 20.9. The van der Waals surface area contributed by atoms with Gasteiger partial charge in [-0.1, -0.05) is 0 Å². The van der Waals surface area contributed by atoms with Crippen molar-refractivity contribution in [2.75, 3.05) is 0 Å². The molecule has 0 rings (SSSR count). The van der Waals surface area contributed by atoms with Crippen LogP contribution in [0.1, 0.15) is 71.1 Å². The largest absolute Gasteiger partial charge is 1.00 e. The second-order valence-electron chi connectivity index (χ2n) is 3.97. The molecule has 0 aromatic heterocycles. The van der Waals surface area contributed by atoms with Gasteiger partial charge in [-0.2, -0.15) is 0 Å². The average molecular weight is 356 g/mol. The molecule has 15 heavy (non-hydrogen) atoms. The first kappa shape index (κ1) is 21.7. The molecule has 3 heteroatoms. The fraction of sp³-hybridized carbons (Fsp3) is 1.00. The van der Waals surface area contributed by atoms with Crippen LogP contribution in [0.15, 0.2) is 0 Å². The van der Waals surface area contributed by atoms with E-state index in [9.17, 15) is 0 Å². The molecule has 0 aliphatic rings. The van der Waals surface area contributed by atoms with Crippen LogP contribution in [0.4, 0.5) is 0 Å². The van der Waals surface area contributed by atoms with Gasteiger partial charge in [-0.05, 0) is 0 Å². The van der Waals surface area contributed by atoms with Crippen LogP contribution in [0.3, 0.4) is 0 Å². The third-order valence-corrected chi connectivity index (χ3v) is 2.97. The molecular weight excluding hydrogens is 331 g/mol. The molecule has 0 saturated heterocycles. The van der Waals surface area contributed by atoms with Crippen molar-refractivity contribution in [3.8, 4) is 0 Å². The van der Waals surface area contributed by atoms with E-state index in [2.05, 4.69) is 23.2 Å². The van der Waals surface area contributed by atoms with Crippen LogP contribution >= 0.6 is 0 Å². The summed E-state index contributed by atoms with van der Waals surface area (Å²) in [4.78, 5) is 0. The molecule has 0 fully saturated rings. The van der Waals surface area contributed by atoms with Crippen LogP contribution in [-0.4, -0.2) is 16.3 Å². The minimum absolute atomic E-state index is 0. The smallest absolute Gasteiger partial charge is 1.00 e. The number of unbranched alkanes of at least 4 members (excludes halogenated alkanes) is 9. The van der Waals surface area contributed by atoms with Crippen LogP contribution in [0.5, 0.6) is 0 Å². The summed E-state index contributed by atoms with van der Waals surface area (Å²) in [5, 5.41) is 1.29. The Morgan fingerprint density at radius 3 is 1.27 bits per heavy atom. The fourth-order valence-corrected chi connectivity index (χ4v) is 1.92. The standard InChI is InChI=1S/C12H25.Al.2BrH/c1-3-5-7-9-11-12-10-8-6-4-2;;;/h1,3-12H2,2H3;;2*1H/q;+2;;/p-2. The predicted octanol–water partition coefficient (Wildman–Crippen LogP) is -1.50. The van der Waals surface area contributed by atoms with Gasteiger partial charge in [0.2, 0.25) is 0 Å². The van der Waals surface area contributed by atoms with E-state index >= 15 is 0 Å². The Morgan fingerprint density at radius 2 is 0.933 bits per heavy atom. The Kier molecular flexibility index (Phi) is 30.2. The number of hydrogen-bond donors (Lipinski definition) is 0. The van der Waals surface area contributed by atoms with Crippen molar-refractivity contribution in [3.05, 3.63) is 0 Å². The van der Waals surface area contributed by atoms with Gasteiger partial charge in [0.1, 0.15) is 0 Å². The normalized spacial score (nSPS) is 9.27. The van der Waals surface area contributed by atoms with E-state index < -0.39 is 0 Å². The third kappa shape index (κ3) is 21.4. The summed E-state index contributed by atoms with van der Waals surface area (Å²) in [6, 6.07) is 0.